The second-order valence-corrected chi connectivity index (χ2v) is 5.73. The molecule has 0 aromatic heterocycles. The Labute approximate surface area is 86.0 Å². The lowest BCUT2D eigenvalue weighted by molar-refractivity contribution is 0.377. The van der Waals surface area contributed by atoms with Crippen molar-refractivity contribution >= 4 is 11.8 Å². The normalized spacial score (nSPS) is 44.8. The summed E-state index contributed by atoms with van der Waals surface area (Å²) in [7, 11) is 0. The molecule has 2 rings (SSSR count). The third-order valence-electron chi connectivity index (χ3n) is 3.54. The van der Waals surface area contributed by atoms with E-state index in [4.69, 9.17) is 0 Å². The maximum absolute atomic E-state index is 3.82. The summed E-state index contributed by atoms with van der Waals surface area (Å²) < 4.78 is 0. The van der Waals surface area contributed by atoms with Crippen molar-refractivity contribution < 1.29 is 0 Å². The van der Waals surface area contributed by atoms with Crippen LogP contribution in [0.1, 0.15) is 39.0 Å². The second kappa shape index (κ2) is 4.22. The lowest BCUT2D eigenvalue weighted by atomic mass is 9.95. The van der Waals surface area contributed by atoms with E-state index in [0.29, 0.717) is 0 Å². The number of nitrogens with one attached hydrogen (secondary N) is 1. The monoisotopic (exact) mass is 199 g/mol. The Balaban J connectivity index is 1.80. The first kappa shape index (κ1) is 9.85. The molecule has 0 radical (unpaired) electrons. The summed E-state index contributed by atoms with van der Waals surface area (Å²) in [5.74, 6) is 0.949. The Morgan fingerprint density at radius 3 is 2.46 bits per heavy atom. The van der Waals surface area contributed by atoms with Crippen LogP contribution in [0.15, 0.2) is 0 Å². The molecule has 4 atom stereocenters. The first-order chi connectivity index (χ1) is 6.31. The molecular formula is C11H21NS. The molecule has 0 aromatic rings. The Morgan fingerprint density at radius 2 is 1.85 bits per heavy atom. The fourth-order valence-electron chi connectivity index (χ4n) is 2.40. The third kappa shape index (κ3) is 2.41. The van der Waals surface area contributed by atoms with E-state index in [9.17, 15) is 0 Å². The van der Waals surface area contributed by atoms with Gasteiger partial charge in [-0.15, -0.1) is 0 Å². The van der Waals surface area contributed by atoms with Gasteiger partial charge in [0.15, 0.2) is 0 Å². The lowest BCUT2D eigenvalue weighted by Gasteiger charge is -2.31. The van der Waals surface area contributed by atoms with Crippen LogP contribution in [0.3, 0.4) is 0 Å². The topological polar surface area (TPSA) is 12.0 Å². The van der Waals surface area contributed by atoms with Crippen molar-refractivity contribution in [2.45, 2.75) is 56.4 Å². The van der Waals surface area contributed by atoms with Crippen molar-refractivity contribution in [3.8, 4) is 0 Å². The quantitative estimate of drug-likeness (QED) is 0.750. The molecule has 0 bridgehead atoms. The molecule has 2 aliphatic carbocycles. The van der Waals surface area contributed by atoms with Crippen LogP contribution in [0.2, 0.25) is 0 Å². The fourth-order valence-corrected chi connectivity index (χ4v) is 3.34. The molecule has 13 heavy (non-hydrogen) atoms. The highest BCUT2D eigenvalue weighted by molar-refractivity contribution is 7.99. The Kier molecular flexibility index (Phi) is 3.20. The molecule has 4 unspecified atom stereocenters. The van der Waals surface area contributed by atoms with E-state index < -0.39 is 0 Å². The highest BCUT2D eigenvalue weighted by Crippen LogP contribution is 2.33. The molecule has 76 valence electrons. The molecule has 0 aromatic carbocycles. The van der Waals surface area contributed by atoms with Gasteiger partial charge in [0.25, 0.3) is 0 Å². The summed E-state index contributed by atoms with van der Waals surface area (Å²) in [6.45, 7) is 2.36. The summed E-state index contributed by atoms with van der Waals surface area (Å²) in [6.07, 6.45) is 9.41. The minimum absolute atomic E-state index is 0.818. The first-order valence-electron chi connectivity index (χ1n) is 5.60. The van der Waals surface area contributed by atoms with Crippen molar-refractivity contribution in [1.82, 2.24) is 5.32 Å². The van der Waals surface area contributed by atoms with Crippen LogP contribution in [-0.2, 0) is 0 Å². The average Bonchev–Trinajstić information content (AvgIpc) is 2.83. The fraction of sp³-hybridized carbons (Fsp3) is 1.00. The lowest BCUT2D eigenvalue weighted by Crippen LogP contribution is -2.41. The molecule has 2 heteroatoms. The van der Waals surface area contributed by atoms with Gasteiger partial charge in [0.2, 0.25) is 0 Å². The molecule has 2 aliphatic rings. The number of rotatable bonds is 3. The smallest absolute Gasteiger partial charge is 0.0198 e. The van der Waals surface area contributed by atoms with Gasteiger partial charge in [-0.25, -0.2) is 0 Å². The number of thioether (sulfide) groups is 1. The van der Waals surface area contributed by atoms with Gasteiger partial charge < -0.3 is 5.32 Å². The first-order valence-corrected chi connectivity index (χ1v) is 6.89. The van der Waals surface area contributed by atoms with E-state index in [1.165, 1.54) is 32.1 Å². The maximum Gasteiger partial charge on any atom is 0.0198 e. The summed E-state index contributed by atoms with van der Waals surface area (Å²) in [5, 5.41) is 4.71. The second-order valence-electron chi connectivity index (χ2n) is 4.65. The standard InChI is InChI=1S/C11H21NS/c1-8-7-10(8)12-9-5-3-4-6-11(9)13-2/h8-12H,3-7H2,1-2H3. The van der Waals surface area contributed by atoms with Crippen molar-refractivity contribution in [3.63, 3.8) is 0 Å². The Bertz CT molecular complexity index is 171. The molecule has 2 saturated carbocycles. The zero-order valence-corrected chi connectivity index (χ0v) is 9.57. The van der Waals surface area contributed by atoms with E-state index in [1.807, 2.05) is 0 Å². The van der Waals surface area contributed by atoms with Crippen molar-refractivity contribution in [2.24, 2.45) is 5.92 Å². The molecule has 0 spiro atoms. The van der Waals surface area contributed by atoms with Gasteiger partial charge in [-0.3, -0.25) is 0 Å². The average molecular weight is 199 g/mol. The van der Waals surface area contributed by atoms with Crippen molar-refractivity contribution in [3.05, 3.63) is 0 Å². The zero-order valence-electron chi connectivity index (χ0n) is 8.75. The van der Waals surface area contributed by atoms with Crippen LogP contribution in [0.25, 0.3) is 0 Å². The van der Waals surface area contributed by atoms with E-state index in [-0.39, 0.29) is 0 Å². The largest absolute Gasteiger partial charge is 0.310 e. The number of hydrogen-bond acceptors (Lipinski definition) is 2. The van der Waals surface area contributed by atoms with Crippen molar-refractivity contribution in [1.29, 1.82) is 0 Å². The number of hydrogen-bond donors (Lipinski definition) is 1. The maximum atomic E-state index is 3.82. The third-order valence-corrected chi connectivity index (χ3v) is 4.71. The van der Waals surface area contributed by atoms with Gasteiger partial charge in [-0.05, 0) is 31.4 Å². The van der Waals surface area contributed by atoms with Crippen LogP contribution in [0.5, 0.6) is 0 Å². The minimum Gasteiger partial charge on any atom is -0.310 e. The predicted octanol–water partition coefficient (Wildman–Crippen LogP) is 2.66. The van der Waals surface area contributed by atoms with Crippen LogP contribution < -0.4 is 5.32 Å². The molecule has 1 N–H and O–H groups in total. The van der Waals surface area contributed by atoms with E-state index in [1.54, 1.807) is 0 Å². The van der Waals surface area contributed by atoms with Gasteiger partial charge in [0.05, 0.1) is 0 Å². The summed E-state index contributed by atoms with van der Waals surface area (Å²) in [6, 6.07) is 1.68. The van der Waals surface area contributed by atoms with Crippen molar-refractivity contribution in [2.75, 3.05) is 6.26 Å². The van der Waals surface area contributed by atoms with Crippen LogP contribution in [0, 0.1) is 5.92 Å². The highest BCUT2D eigenvalue weighted by Gasteiger charge is 2.36. The molecule has 0 heterocycles. The van der Waals surface area contributed by atoms with Gasteiger partial charge in [-0.1, -0.05) is 19.8 Å². The Morgan fingerprint density at radius 1 is 1.15 bits per heavy atom. The van der Waals surface area contributed by atoms with Gasteiger partial charge in [0, 0.05) is 17.3 Å². The van der Waals surface area contributed by atoms with E-state index in [2.05, 4.69) is 30.3 Å². The molecule has 0 amide bonds. The molecule has 2 fully saturated rings. The Hall–Kier alpha value is 0.310. The van der Waals surface area contributed by atoms with E-state index >= 15 is 0 Å². The van der Waals surface area contributed by atoms with Crippen LogP contribution >= 0.6 is 11.8 Å². The SMILES string of the molecule is CSC1CCCCC1NC1CC1C. The highest BCUT2D eigenvalue weighted by atomic mass is 32.2. The van der Waals surface area contributed by atoms with Gasteiger partial charge in [0.1, 0.15) is 0 Å². The van der Waals surface area contributed by atoms with Gasteiger partial charge in [-0.2, -0.15) is 11.8 Å². The van der Waals surface area contributed by atoms with Gasteiger partial charge >= 0.3 is 0 Å². The molecule has 0 aliphatic heterocycles. The minimum atomic E-state index is 0.818. The van der Waals surface area contributed by atoms with E-state index in [0.717, 1.165) is 23.3 Å². The molecular weight excluding hydrogens is 178 g/mol. The molecule has 0 saturated heterocycles. The molecule has 1 nitrogen and oxygen atoms in total. The van der Waals surface area contributed by atoms with Crippen LogP contribution in [-0.4, -0.2) is 23.6 Å². The van der Waals surface area contributed by atoms with Crippen LogP contribution in [0.4, 0.5) is 0 Å². The summed E-state index contributed by atoms with van der Waals surface area (Å²) in [4.78, 5) is 0. The zero-order chi connectivity index (χ0) is 9.26. The summed E-state index contributed by atoms with van der Waals surface area (Å²) >= 11 is 2.06. The summed E-state index contributed by atoms with van der Waals surface area (Å²) in [5.41, 5.74) is 0. The predicted molar refractivity (Wildman–Crippen MR) is 60.3 cm³/mol.